The SMILES string of the molecule is CCC(N)C(=O)OC(C)(C)Cc1ccc(F)cc1. The Morgan fingerprint density at radius 1 is 1.39 bits per heavy atom. The zero-order chi connectivity index (χ0) is 13.8. The summed E-state index contributed by atoms with van der Waals surface area (Å²) in [5, 5.41) is 0. The van der Waals surface area contributed by atoms with Crippen molar-refractivity contribution in [3.05, 3.63) is 35.6 Å². The number of benzene rings is 1. The van der Waals surface area contributed by atoms with Gasteiger partial charge in [-0.25, -0.2) is 4.39 Å². The zero-order valence-corrected chi connectivity index (χ0v) is 11.1. The van der Waals surface area contributed by atoms with Crippen LogP contribution >= 0.6 is 0 Å². The lowest BCUT2D eigenvalue weighted by atomic mass is 9.98. The van der Waals surface area contributed by atoms with Crippen molar-refractivity contribution < 1.29 is 13.9 Å². The molecule has 100 valence electrons. The van der Waals surface area contributed by atoms with Crippen molar-refractivity contribution in [2.75, 3.05) is 0 Å². The van der Waals surface area contributed by atoms with E-state index in [9.17, 15) is 9.18 Å². The fraction of sp³-hybridized carbons (Fsp3) is 0.500. The molecule has 4 heteroatoms. The summed E-state index contributed by atoms with van der Waals surface area (Å²) >= 11 is 0. The van der Waals surface area contributed by atoms with Crippen LogP contribution in [-0.2, 0) is 16.0 Å². The molecular weight excluding hydrogens is 233 g/mol. The predicted molar refractivity (Wildman–Crippen MR) is 68.5 cm³/mol. The molecule has 0 saturated heterocycles. The third kappa shape index (κ3) is 4.45. The van der Waals surface area contributed by atoms with Crippen LogP contribution in [0.1, 0.15) is 32.8 Å². The van der Waals surface area contributed by atoms with E-state index < -0.39 is 17.6 Å². The molecule has 0 amide bonds. The molecule has 1 aromatic carbocycles. The average Bonchev–Trinajstić information content (AvgIpc) is 2.30. The van der Waals surface area contributed by atoms with Crippen molar-refractivity contribution in [3.8, 4) is 0 Å². The minimum Gasteiger partial charge on any atom is -0.458 e. The third-order valence-electron chi connectivity index (χ3n) is 2.66. The number of hydrogen-bond donors (Lipinski definition) is 1. The van der Waals surface area contributed by atoms with Crippen molar-refractivity contribution in [3.63, 3.8) is 0 Å². The average molecular weight is 253 g/mol. The Morgan fingerprint density at radius 3 is 2.44 bits per heavy atom. The first-order valence-corrected chi connectivity index (χ1v) is 6.07. The van der Waals surface area contributed by atoms with Crippen molar-refractivity contribution in [1.82, 2.24) is 0 Å². The molecule has 1 rings (SSSR count). The smallest absolute Gasteiger partial charge is 0.323 e. The van der Waals surface area contributed by atoms with Crippen molar-refractivity contribution >= 4 is 5.97 Å². The number of rotatable bonds is 5. The molecule has 0 radical (unpaired) electrons. The first-order chi connectivity index (χ1) is 8.34. The fourth-order valence-electron chi connectivity index (χ4n) is 1.64. The van der Waals surface area contributed by atoms with E-state index in [1.807, 2.05) is 20.8 Å². The highest BCUT2D eigenvalue weighted by atomic mass is 19.1. The summed E-state index contributed by atoms with van der Waals surface area (Å²) < 4.78 is 18.1. The van der Waals surface area contributed by atoms with Gasteiger partial charge < -0.3 is 10.5 Å². The summed E-state index contributed by atoms with van der Waals surface area (Å²) in [6, 6.07) is 5.57. The topological polar surface area (TPSA) is 52.3 Å². The predicted octanol–water partition coefficient (Wildman–Crippen LogP) is 2.43. The highest BCUT2D eigenvalue weighted by Crippen LogP contribution is 2.18. The molecule has 0 fully saturated rings. The standard InChI is InChI=1S/C14H20FNO2/c1-4-12(16)13(17)18-14(2,3)9-10-5-7-11(15)8-6-10/h5-8,12H,4,9,16H2,1-3H3. The Hall–Kier alpha value is -1.42. The van der Waals surface area contributed by atoms with Gasteiger partial charge in [0.15, 0.2) is 0 Å². The highest BCUT2D eigenvalue weighted by molar-refractivity contribution is 5.75. The quantitative estimate of drug-likeness (QED) is 0.820. The van der Waals surface area contributed by atoms with E-state index >= 15 is 0 Å². The van der Waals surface area contributed by atoms with Crippen LogP contribution in [0.5, 0.6) is 0 Å². The van der Waals surface area contributed by atoms with Crippen LogP contribution in [0, 0.1) is 5.82 Å². The Kier molecular flexibility index (Phi) is 4.84. The van der Waals surface area contributed by atoms with E-state index in [0.29, 0.717) is 12.8 Å². The van der Waals surface area contributed by atoms with Crippen LogP contribution in [0.2, 0.25) is 0 Å². The fourth-order valence-corrected chi connectivity index (χ4v) is 1.64. The molecule has 0 heterocycles. The van der Waals surface area contributed by atoms with Gasteiger partial charge in [0.05, 0.1) is 0 Å². The number of halogens is 1. The molecule has 0 saturated carbocycles. The van der Waals surface area contributed by atoms with E-state index in [4.69, 9.17) is 10.5 Å². The minimum atomic E-state index is -0.651. The first-order valence-electron chi connectivity index (χ1n) is 6.07. The van der Waals surface area contributed by atoms with E-state index in [1.54, 1.807) is 12.1 Å². The summed E-state index contributed by atoms with van der Waals surface area (Å²) in [5.74, 6) is -0.675. The molecule has 0 aliphatic carbocycles. The molecule has 1 unspecified atom stereocenters. The molecule has 0 aromatic heterocycles. The number of nitrogens with two attached hydrogens (primary N) is 1. The molecule has 18 heavy (non-hydrogen) atoms. The van der Waals surface area contributed by atoms with Gasteiger partial charge in [0.1, 0.15) is 17.5 Å². The molecular formula is C14H20FNO2. The van der Waals surface area contributed by atoms with E-state index in [2.05, 4.69) is 0 Å². The van der Waals surface area contributed by atoms with Crippen molar-refractivity contribution in [1.29, 1.82) is 0 Å². The van der Waals surface area contributed by atoms with E-state index in [-0.39, 0.29) is 5.82 Å². The molecule has 0 spiro atoms. The van der Waals surface area contributed by atoms with Crippen LogP contribution in [0.4, 0.5) is 4.39 Å². The monoisotopic (exact) mass is 253 g/mol. The lowest BCUT2D eigenvalue weighted by Gasteiger charge is -2.26. The minimum absolute atomic E-state index is 0.276. The largest absolute Gasteiger partial charge is 0.458 e. The Bertz CT molecular complexity index is 401. The van der Waals surface area contributed by atoms with Gasteiger partial charge >= 0.3 is 5.97 Å². The summed E-state index contributed by atoms with van der Waals surface area (Å²) in [6.45, 7) is 5.46. The first kappa shape index (κ1) is 14.6. The third-order valence-corrected chi connectivity index (χ3v) is 2.66. The van der Waals surface area contributed by atoms with Crippen LogP contribution < -0.4 is 5.73 Å². The van der Waals surface area contributed by atoms with Crippen LogP contribution in [0.25, 0.3) is 0 Å². The van der Waals surface area contributed by atoms with Gasteiger partial charge in [-0.05, 0) is 38.0 Å². The van der Waals surface area contributed by atoms with Gasteiger partial charge in [-0.3, -0.25) is 4.79 Å². The van der Waals surface area contributed by atoms with Crippen LogP contribution in [0.3, 0.4) is 0 Å². The second kappa shape index (κ2) is 5.96. The maximum Gasteiger partial charge on any atom is 0.323 e. The summed E-state index contributed by atoms with van der Waals surface area (Å²) in [4.78, 5) is 11.6. The van der Waals surface area contributed by atoms with E-state index in [0.717, 1.165) is 5.56 Å². The maximum absolute atomic E-state index is 12.8. The second-order valence-corrected chi connectivity index (χ2v) is 5.00. The van der Waals surface area contributed by atoms with Gasteiger partial charge in [0.2, 0.25) is 0 Å². The lowest BCUT2D eigenvalue weighted by Crippen LogP contribution is -2.39. The molecule has 0 aliphatic heterocycles. The van der Waals surface area contributed by atoms with Crippen LogP contribution in [0.15, 0.2) is 24.3 Å². The van der Waals surface area contributed by atoms with Gasteiger partial charge in [-0.15, -0.1) is 0 Å². The van der Waals surface area contributed by atoms with E-state index in [1.165, 1.54) is 12.1 Å². The highest BCUT2D eigenvalue weighted by Gasteiger charge is 2.25. The number of carbonyl (C=O) groups is 1. The van der Waals surface area contributed by atoms with Crippen LogP contribution in [-0.4, -0.2) is 17.6 Å². The molecule has 1 aromatic rings. The molecule has 2 N–H and O–H groups in total. The number of hydrogen-bond acceptors (Lipinski definition) is 3. The summed E-state index contributed by atoms with van der Waals surface area (Å²) in [5.41, 5.74) is 5.88. The Balaban J connectivity index is 2.64. The molecule has 1 atom stereocenters. The van der Waals surface area contributed by atoms with Gasteiger partial charge in [-0.1, -0.05) is 19.1 Å². The maximum atomic E-state index is 12.8. The van der Waals surface area contributed by atoms with Crippen molar-refractivity contribution in [2.24, 2.45) is 5.73 Å². The van der Waals surface area contributed by atoms with Gasteiger partial charge in [-0.2, -0.15) is 0 Å². The Labute approximate surface area is 107 Å². The normalized spacial score (nSPS) is 13.2. The molecule has 0 bridgehead atoms. The number of esters is 1. The van der Waals surface area contributed by atoms with Gasteiger partial charge in [0.25, 0.3) is 0 Å². The Morgan fingerprint density at radius 2 is 1.94 bits per heavy atom. The van der Waals surface area contributed by atoms with Gasteiger partial charge in [0, 0.05) is 6.42 Å². The molecule has 0 aliphatic rings. The number of ether oxygens (including phenoxy) is 1. The second-order valence-electron chi connectivity index (χ2n) is 5.00. The summed E-state index contributed by atoms with van der Waals surface area (Å²) in [7, 11) is 0. The lowest BCUT2D eigenvalue weighted by molar-refractivity contribution is -0.158. The van der Waals surface area contributed by atoms with Crippen molar-refractivity contribution in [2.45, 2.75) is 45.3 Å². The summed E-state index contributed by atoms with van der Waals surface area (Å²) in [6.07, 6.45) is 1.07. The zero-order valence-electron chi connectivity index (χ0n) is 11.1. The number of carbonyl (C=O) groups excluding carboxylic acids is 1. The molecule has 3 nitrogen and oxygen atoms in total.